The summed E-state index contributed by atoms with van der Waals surface area (Å²) in [6.07, 6.45) is 2.12. The monoisotopic (exact) mass is 487 g/mol. The summed E-state index contributed by atoms with van der Waals surface area (Å²) in [6.45, 7) is 0.466. The minimum atomic E-state index is -1.10. The number of aromatic nitrogens is 3. The molecule has 36 heavy (non-hydrogen) atoms. The molecule has 0 unspecified atom stereocenters. The lowest BCUT2D eigenvalue weighted by Gasteiger charge is -2.37. The minimum Gasteiger partial charge on any atom is -0.497 e. The van der Waals surface area contributed by atoms with Gasteiger partial charge in [0, 0.05) is 38.0 Å². The van der Waals surface area contributed by atoms with Crippen LogP contribution in [0.25, 0.3) is 16.9 Å². The van der Waals surface area contributed by atoms with E-state index in [-0.39, 0.29) is 31.5 Å². The third-order valence-electron chi connectivity index (χ3n) is 6.36. The molecule has 184 valence electrons. The molecule has 11 heteroatoms. The second-order valence-electron chi connectivity index (χ2n) is 8.37. The van der Waals surface area contributed by atoms with Gasteiger partial charge in [-0.3, -0.25) is 5.21 Å². The highest BCUT2D eigenvalue weighted by atomic mass is 16.5. The highest BCUT2D eigenvalue weighted by Gasteiger charge is 2.43. The van der Waals surface area contributed by atoms with Crippen molar-refractivity contribution >= 4 is 6.03 Å². The van der Waals surface area contributed by atoms with Gasteiger partial charge in [-0.15, -0.1) is 0 Å². The number of likely N-dealkylation sites (tertiary alicyclic amines) is 1. The minimum absolute atomic E-state index is 0.233. The van der Waals surface area contributed by atoms with Crippen LogP contribution in [0.5, 0.6) is 11.6 Å². The van der Waals surface area contributed by atoms with Crippen molar-refractivity contribution in [1.82, 2.24) is 24.7 Å². The molecule has 0 radical (unpaired) electrons. The molecular weight excluding hydrogens is 462 g/mol. The third kappa shape index (κ3) is 4.28. The number of methoxy groups -OCH3 is 2. The number of benzene rings is 1. The Morgan fingerprint density at radius 3 is 2.31 bits per heavy atom. The summed E-state index contributed by atoms with van der Waals surface area (Å²) in [7, 11) is 4.35. The lowest BCUT2D eigenvalue weighted by Crippen LogP contribution is -2.48. The van der Waals surface area contributed by atoms with Gasteiger partial charge in [0.25, 0.3) is 0 Å². The van der Waals surface area contributed by atoms with E-state index in [0.717, 1.165) is 0 Å². The first-order valence-electron chi connectivity index (χ1n) is 11.2. The zero-order valence-electron chi connectivity index (χ0n) is 20.2. The Bertz CT molecular complexity index is 1330. The number of ether oxygens (including phenoxy) is 2. The molecule has 0 spiro atoms. The fraction of sp³-hybridized carbons (Fsp3) is 0.320. The molecule has 0 atom stereocenters. The predicted molar refractivity (Wildman–Crippen MR) is 128 cm³/mol. The van der Waals surface area contributed by atoms with E-state index in [0.29, 0.717) is 39.3 Å². The first kappa shape index (κ1) is 24.5. The van der Waals surface area contributed by atoms with Crippen molar-refractivity contribution in [2.24, 2.45) is 0 Å². The number of nitriles is 2. The number of pyridine rings is 1. The van der Waals surface area contributed by atoms with Gasteiger partial charge in [0.15, 0.2) is 0 Å². The van der Waals surface area contributed by atoms with E-state index in [1.165, 1.54) is 19.1 Å². The lowest BCUT2D eigenvalue weighted by atomic mass is 9.75. The van der Waals surface area contributed by atoms with E-state index >= 15 is 0 Å². The number of hydrogen-bond acceptors (Lipinski definition) is 8. The van der Waals surface area contributed by atoms with E-state index in [1.807, 2.05) is 12.1 Å². The third-order valence-corrected chi connectivity index (χ3v) is 6.36. The number of rotatable bonds is 5. The van der Waals surface area contributed by atoms with Gasteiger partial charge >= 0.3 is 6.03 Å². The Morgan fingerprint density at radius 2 is 1.81 bits per heavy atom. The number of urea groups is 1. The van der Waals surface area contributed by atoms with Crippen molar-refractivity contribution in [3.63, 3.8) is 0 Å². The summed E-state index contributed by atoms with van der Waals surface area (Å²) in [6, 6.07) is 14.8. The number of piperidine rings is 1. The van der Waals surface area contributed by atoms with Crippen LogP contribution in [-0.2, 0) is 5.41 Å². The van der Waals surface area contributed by atoms with Gasteiger partial charge in [0.05, 0.1) is 31.7 Å². The molecule has 1 saturated heterocycles. The van der Waals surface area contributed by atoms with Crippen LogP contribution in [0.1, 0.15) is 24.1 Å². The van der Waals surface area contributed by atoms with Gasteiger partial charge in [-0.25, -0.2) is 19.5 Å². The van der Waals surface area contributed by atoms with Gasteiger partial charge in [0.1, 0.15) is 28.5 Å². The van der Waals surface area contributed by atoms with E-state index in [1.54, 1.807) is 42.3 Å². The fourth-order valence-electron chi connectivity index (χ4n) is 4.36. The molecule has 1 aliphatic rings. The normalized spacial score (nSPS) is 14.4. The molecule has 0 saturated carbocycles. The van der Waals surface area contributed by atoms with Gasteiger partial charge in [-0.05, 0) is 43.2 Å². The molecule has 3 heterocycles. The molecule has 2 aromatic heterocycles. The van der Waals surface area contributed by atoms with Crippen LogP contribution in [0.15, 0.2) is 42.6 Å². The van der Waals surface area contributed by atoms with Crippen molar-refractivity contribution < 1.29 is 19.5 Å². The van der Waals surface area contributed by atoms with Crippen LogP contribution < -0.4 is 9.47 Å². The molecule has 4 rings (SSSR count). The molecule has 1 fully saturated rings. The number of carbonyl (C=O) groups is 1. The van der Waals surface area contributed by atoms with Crippen LogP contribution in [0, 0.1) is 22.7 Å². The Kier molecular flexibility index (Phi) is 6.77. The Labute approximate surface area is 208 Å². The zero-order chi connectivity index (χ0) is 25.9. The largest absolute Gasteiger partial charge is 0.497 e. The Balaban J connectivity index is 1.86. The summed E-state index contributed by atoms with van der Waals surface area (Å²) in [4.78, 5) is 18.0. The number of hydrogen-bond donors (Lipinski definition) is 1. The average molecular weight is 488 g/mol. The molecule has 3 aromatic rings. The second kappa shape index (κ2) is 9.94. The van der Waals surface area contributed by atoms with Crippen LogP contribution in [0.2, 0.25) is 0 Å². The van der Waals surface area contributed by atoms with Crippen LogP contribution in [0.4, 0.5) is 4.79 Å². The molecule has 0 bridgehead atoms. The lowest BCUT2D eigenvalue weighted by molar-refractivity contribution is -0.0365. The average Bonchev–Trinajstić information content (AvgIpc) is 3.33. The van der Waals surface area contributed by atoms with Gasteiger partial charge < -0.3 is 14.4 Å². The van der Waals surface area contributed by atoms with Crippen molar-refractivity contribution in [1.29, 1.82) is 10.5 Å². The second-order valence-corrected chi connectivity index (χ2v) is 8.37. The fourth-order valence-corrected chi connectivity index (χ4v) is 4.36. The summed E-state index contributed by atoms with van der Waals surface area (Å²) >= 11 is 0. The van der Waals surface area contributed by atoms with Crippen molar-refractivity contribution in [3.05, 3.63) is 53.9 Å². The van der Waals surface area contributed by atoms with Crippen LogP contribution in [-0.4, -0.2) is 70.3 Å². The van der Waals surface area contributed by atoms with Crippen molar-refractivity contribution in [2.45, 2.75) is 18.3 Å². The smallest absolute Gasteiger partial charge is 0.343 e. The molecule has 1 aromatic carbocycles. The van der Waals surface area contributed by atoms with Crippen molar-refractivity contribution in [2.75, 3.05) is 34.4 Å². The topological polar surface area (TPSA) is 141 Å². The number of carbonyl (C=O) groups excluding carboxylic acids is 1. The first-order chi connectivity index (χ1) is 17.4. The van der Waals surface area contributed by atoms with Crippen LogP contribution >= 0.6 is 0 Å². The summed E-state index contributed by atoms with van der Waals surface area (Å²) in [5.74, 6) is 1.09. The molecule has 0 aliphatic carbocycles. The van der Waals surface area contributed by atoms with E-state index in [2.05, 4.69) is 17.1 Å². The highest BCUT2D eigenvalue weighted by molar-refractivity contribution is 5.74. The molecule has 11 nitrogen and oxygen atoms in total. The Hall–Kier alpha value is -4.61. The maximum atomic E-state index is 12.2. The summed E-state index contributed by atoms with van der Waals surface area (Å²) in [5, 5.41) is 35.4. The quantitative estimate of drug-likeness (QED) is 0.427. The zero-order valence-corrected chi connectivity index (χ0v) is 20.2. The maximum Gasteiger partial charge on any atom is 0.343 e. The molecule has 1 aliphatic heterocycles. The van der Waals surface area contributed by atoms with E-state index in [4.69, 9.17) is 14.6 Å². The summed E-state index contributed by atoms with van der Waals surface area (Å²) in [5.41, 5.74) is 1.31. The molecule has 1 N–H and O–H groups in total. The van der Waals surface area contributed by atoms with Crippen molar-refractivity contribution in [3.8, 4) is 40.7 Å². The highest BCUT2D eigenvalue weighted by Crippen LogP contribution is 2.40. The van der Waals surface area contributed by atoms with Gasteiger partial charge in [-0.1, -0.05) is 0 Å². The number of amides is 2. The molecular formula is C25H25N7O4. The molecule has 2 amide bonds. The van der Waals surface area contributed by atoms with Crippen LogP contribution in [0.3, 0.4) is 0 Å². The van der Waals surface area contributed by atoms with E-state index < -0.39 is 11.4 Å². The number of nitrogens with zero attached hydrogens (tertiary/aromatic N) is 7. The predicted octanol–water partition coefficient (Wildman–Crippen LogP) is 3.12. The number of hydroxylamine groups is 2. The SMILES string of the molecule is COc1ccc(-n2nc(C3(C#N)CCN(C(=O)N(C)O)CC3)c(C#N)c2-c2ccc(OC)nc2)cc1. The van der Waals surface area contributed by atoms with E-state index in [9.17, 15) is 20.5 Å². The standard InChI is InChI=1S/C25H25N7O4/c1-30(34)24(33)31-12-10-25(16-27,11-13-31)23-20(14-26)22(17-4-9-21(36-3)28-15-17)32(29-23)18-5-7-19(35-2)8-6-18/h4-9,15,34H,10-13H2,1-3H3. The maximum absolute atomic E-state index is 12.2. The summed E-state index contributed by atoms with van der Waals surface area (Å²) < 4.78 is 12.1. The first-order valence-corrected chi connectivity index (χ1v) is 11.2. The Morgan fingerprint density at radius 1 is 1.11 bits per heavy atom. The van der Waals surface area contributed by atoms with Gasteiger partial charge in [0.2, 0.25) is 5.88 Å². The van der Waals surface area contributed by atoms with Gasteiger partial charge in [-0.2, -0.15) is 15.6 Å².